The second kappa shape index (κ2) is 13.3. The van der Waals surface area contributed by atoms with Gasteiger partial charge in [-0.15, -0.1) is 4.99 Å². The Balaban J connectivity index is 1.48. The Morgan fingerprint density at radius 1 is 1.07 bits per heavy atom. The molecule has 1 saturated heterocycles. The van der Waals surface area contributed by atoms with Crippen LogP contribution in [0.15, 0.2) is 77.8 Å². The van der Waals surface area contributed by atoms with Gasteiger partial charge >= 0.3 is 6.09 Å². The molecule has 244 valence electrons. The number of hydrogen-bond donors (Lipinski definition) is 1. The van der Waals surface area contributed by atoms with Crippen molar-refractivity contribution in [3.8, 4) is 11.1 Å². The first-order valence-electron chi connectivity index (χ1n) is 15.2. The van der Waals surface area contributed by atoms with E-state index in [-0.39, 0.29) is 31.8 Å². The van der Waals surface area contributed by atoms with E-state index in [2.05, 4.69) is 10.3 Å². The van der Waals surface area contributed by atoms with Gasteiger partial charge in [0.25, 0.3) is 5.92 Å². The summed E-state index contributed by atoms with van der Waals surface area (Å²) in [5.74, 6) is -3.58. The first-order chi connectivity index (χ1) is 21.6. The number of guanidine groups is 1. The van der Waals surface area contributed by atoms with Gasteiger partial charge in [0.1, 0.15) is 11.7 Å². The van der Waals surface area contributed by atoms with Crippen LogP contribution in [0.2, 0.25) is 10.0 Å². The fourth-order valence-corrected chi connectivity index (χ4v) is 6.57. The van der Waals surface area contributed by atoms with Crippen molar-refractivity contribution in [2.45, 2.75) is 89.2 Å². The van der Waals surface area contributed by atoms with E-state index in [1.165, 1.54) is 4.90 Å². The van der Waals surface area contributed by atoms with Gasteiger partial charge in [0, 0.05) is 29.5 Å². The lowest BCUT2D eigenvalue weighted by Crippen LogP contribution is -2.64. The zero-order valence-corrected chi connectivity index (χ0v) is 27.7. The minimum absolute atomic E-state index is 0.00158. The lowest BCUT2D eigenvalue weighted by Gasteiger charge is -2.47. The molecule has 5 rings (SSSR count). The minimum Gasteiger partial charge on any atom is -0.442 e. The molecule has 0 spiro atoms. The van der Waals surface area contributed by atoms with E-state index in [0.717, 1.165) is 11.1 Å². The number of rotatable bonds is 6. The fraction of sp³-hybridized carbons (Fsp3) is 0.400. The van der Waals surface area contributed by atoms with Gasteiger partial charge in [-0.05, 0) is 62.9 Å². The van der Waals surface area contributed by atoms with E-state index >= 15 is 8.78 Å². The number of halogens is 4. The third-order valence-electron chi connectivity index (χ3n) is 8.14. The summed E-state index contributed by atoms with van der Waals surface area (Å²) in [6.45, 7) is 6.89. The summed E-state index contributed by atoms with van der Waals surface area (Å²) >= 11 is 13.2. The first kappa shape index (κ1) is 33.8. The highest BCUT2D eigenvalue weighted by atomic mass is 35.5. The monoisotopic (exact) mass is 671 g/mol. The number of amides is 2. The van der Waals surface area contributed by atoms with Gasteiger partial charge in [0.05, 0.1) is 23.6 Å². The smallest absolute Gasteiger partial charge is 0.437 e. The average Bonchev–Trinajstić information content (AvgIpc) is 2.96. The SMILES string of the molecule is CC(C)(C)OC(=O)/N=C1\N[C@](C)(c2cccc(-c3cccc(Cl)c3)c2Cl)CC(=O)N1[C@@H]1CCC(F)(F)[C@@H](OCc2ccccc2)C1. The van der Waals surface area contributed by atoms with Crippen LogP contribution in [0.4, 0.5) is 13.6 Å². The van der Waals surface area contributed by atoms with Crippen molar-refractivity contribution < 1.29 is 27.8 Å². The van der Waals surface area contributed by atoms with Gasteiger partial charge in [-0.2, -0.15) is 0 Å². The summed E-state index contributed by atoms with van der Waals surface area (Å²) < 4.78 is 41.4. The predicted octanol–water partition coefficient (Wildman–Crippen LogP) is 8.76. The molecule has 1 aliphatic carbocycles. The molecule has 2 amide bonds. The molecular formula is C35H37Cl2F2N3O4. The molecule has 1 N–H and O–H groups in total. The molecule has 2 fully saturated rings. The second-order valence-corrected chi connectivity index (χ2v) is 13.8. The number of carbonyl (C=O) groups is 2. The van der Waals surface area contributed by atoms with Gasteiger partial charge in [-0.25, -0.2) is 13.6 Å². The lowest BCUT2D eigenvalue weighted by molar-refractivity contribution is -0.174. The number of nitrogens with one attached hydrogen (secondary N) is 1. The van der Waals surface area contributed by atoms with Crippen LogP contribution < -0.4 is 5.32 Å². The quantitative estimate of drug-likeness (QED) is 0.283. The highest BCUT2D eigenvalue weighted by Gasteiger charge is 2.51. The fourth-order valence-electron chi connectivity index (χ4n) is 5.94. The Morgan fingerprint density at radius 2 is 1.78 bits per heavy atom. The topological polar surface area (TPSA) is 80.2 Å². The molecule has 46 heavy (non-hydrogen) atoms. The molecule has 3 atom stereocenters. The zero-order valence-electron chi connectivity index (χ0n) is 26.2. The van der Waals surface area contributed by atoms with Gasteiger partial charge in [0.15, 0.2) is 0 Å². The van der Waals surface area contributed by atoms with E-state index in [1.807, 2.05) is 42.5 Å². The van der Waals surface area contributed by atoms with Crippen molar-refractivity contribution in [1.82, 2.24) is 10.2 Å². The molecule has 3 aromatic carbocycles. The van der Waals surface area contributed by atoms with Crippen LogP contribution in [0, 0.1) is 0 Å². The summed E-state index contributed by atoms with van der Waals surface area (Å²) in [6.07, 6.45) is -3.11. The lowest BCUT2D eigenvalue weighted by atomic mass is 9.83. The molecule has 2 aliphatic rings. The number of alkyl halides is 2. The van der Waals surface area contributed by atoms with Crippen LogP contribution in [0.5, 0.6) is 0 Å². The van der Waals surface area contributed by atoms with Gasteiger partial charge in [0.2, 0.25) is 11.9 Å². The third-order valence-corrected chi connectivity index (χ3v) is 8.78. The van der Waals surface area contributed by atoms with Crippen molar-refractivity contribution in [3.05, 3.63) is 94.0 Å². The van der Waals surface area contributed by atoms with Crippen LogP contribution in [0.25, 0.3) is 11.1 Å². The maximum absolute atomic E-state index is 15.1. The molecule has 1 aliphatic heterocycles. The summed E-state index contributed by atoms with van der Waals surface area (Å²) in [6, 6.07) is 21.1. The van der Waals surface area contributed by atoms with Crippen molar-refractivity contribution >= 4 is 41.2 Å². The zero-order chi connectivity index (χ0) is 33.3. The Morgan fingerprint density at radius 3 is 2.48 bits per heavy atom. The second-order valence-electron chi connectivity index (χ2n) is 13.0. The Hall–Kier alpha value is -3.53. The number of carbonyl (C=O) groups excluding carboxylic acids is 2. The molecule has 0 aromatic heterocycles. The maximum atomic E-state index is 15.1. The summed E-state index contributed by atoms with van der Waals surface area (Å²) in [7, 11) is 0. The number of nitrogens with zero attached hydrogens (tertiary/aromatic N) is 2. The molecule has 1 heterocycles. The molecule has 0 bridgehead atoms. The summed E-state index contributed by atoms with van der Waals surface area (Å²) in [5.41, 5.74) is 0.886. The summed E-state index contributed by atoms with van der Waals surface area (Å²) in [5, 5.41) is 4.22. The average molecular weight is 673 g/mol. The third kappa shape index (κ3) is 7.70. The van der Waals surface area contributed by atoms with Crippen LogP contribution in [-0.4, -0.2) is 46.5 Å². The molecule has 1 saturated carbocycles. The number of benzene rings is 3. The van der Waals surface area contributed by atoms with E-state index in [0.29, 0.717) is 21.2 Å². The largest absolute Gasteiger partial charge is 0.442 e. The number of ether oxygens (including phenoxy) is 2. The van der Waals surface area contributed by atoms with Gasteiger partial charge < -0.3 is 14.8 Å². The maximum Gasteiger partial charge on any atom is 0.437 e. The summed E-state index contributed by atoms with van der Waals surface area (Å²) in [4.78, 5) is 32.6. The minimum atomic E-state index is -3.09. The molecular weight excluding hydrogens is 635 g/mol. The van der Waals surface area contributed by atoms with E-state index in [9.17, 15) is 9.59 Å². The molecule has 0 radical (unpaired) electrons. The van der Waals surface area contributed by atoms with Crippen LogP contribution in [0.3, 0.4) is 0 Å². The Kier molecular flexibility index (Phi) is 9.78. The highest BCUT2D eigenvalue weighted by molar-refractivity contribution is 6.34. The number of aliphatic imine (C=N–C) groups is 1. The predicted molar refractivity (Wildman–Crippen MR) is 175 cm³/mol. The standard InChI is InChI=1S/C35H37Cl2F2N3O4/c1-33(2,3)46-32(44)40-31-41-34(4,27-15-9-14-26(30(27)37)23-12-8-13-24(36)18-23)20-29(43)42(31)25-16-17-35(38,39)28(19-25)45-21-22-10-6-5-7-11-22/h5-15,18,25,28H,16-17,19-21H2,1-4H3,(H,40,41,44)/t25-,28+,34+/m1/s1. The van der Waals surface area contributed by atoms with Crippen LogP contribution in [0.1, 0.15) is 64.5 Å². The molecule has 3 aromatic rings. The first-order valence-corrected chi connectivity index (χ1v) is 15.9. The van der Waals surface area contributed by atoms with E-state index in [1.54, 1.807) is 58.0 Å². The van der Waals surface area contributed by atoms with Crippen LogP contribution >= 0.6 is 23.2 Å². The van der Waals surface area contributed by atoms with Crippen molar-refractivity contribution in [2.75, 3.05) is 0 Å². The molecule has 0 unspecified atom stereocenters. The van der Waals surface area contributed by atoms with E-state index in [4.69, 9.17) is 32.7 Å². The van der Waals surface area contributed by atoms with Gasteiger partial charge in [-0.3, -0.25) is 9.69 Å². The Bertz CT molecular complexity index is 1630. The van der Waals surface area contributed by atoms with E-state index < -0.39 is 47.6 Å². The van der Waals surface area contributed by atoms with Crippen molar-refractivity contribution in [3.63, 3.8) is 0 Å². The van der Waals surface area contributed by atoms with Crippen LogP contribution in [-0.2, 0) is 26.4 Å². The van der Waals surface area contributed by atoms with Gasteiger partial charge in [-0.1, -0.05) is 83.9 Å². The highest BCUT2D eigenvalue weighted by Crippen LogP contribution is 2.42. The van der Waals surface area contributed by atoms with Crippen molar-refractivity contribution in [2.24, 2.45) is 4.99 Å². The Labute approximate surface area is 277 Å². The normalized spacial score (nSPS) is 24.0. The van der Waals surface area contributed by atoms with Crippen molar-refractivity contribution in [1.29, 1.82) is 0 Å². The number of hydrogen-bond acceptors (Lipinski definition) is 4. The molecule has 7 nitrogen and oxygen atoms in total. The molecule has 11 heteroatoms.